The van der Waals surface area contributed by atoms with Gasteiger partial charge in [0.25, 0.3) is 0 Å². The Balaban J connectivity index is 2.25. The summed E-state index contributed by atoms with van der Waals surface area (Å²) >= 11 is 4.80. The number of hydrogen-bond donors (Lipinski definition) is 2. The van der Waals surface area contributed by atoms with Crippen LogP contribution in [0, 0.1) is 5.82 Å². The zero-order valence-electron chi connectivity index (χ0n) is 9.28. The van der Waals surface area contributed by atoms with Gasteiger partial charge < -0.3 is 10.1 Å². The highest BCUT2D eigenvalue weighted by Gasteiger charge is 2.16. The number of benzene rings is 1. The van der Waals surface area contributed by atoms with E-state index in [1.165, 1.54) is 17.4 Å². The summed E-state index contributed by atoms with van der Waals surface area (Å²) < 4.78 is 14.3. The van der Waals surface area contributed by atoms with E-state index >= 15 is 0 Å². The van der Waals surface area contributed by atoms with Gasteiger partial charge in [0.05, 0.1) is 19.7 Å². The number of carbonyl (C=O) groups is 1. The summed E-state index contributed by atoms with van der Waals surface area (Å²) in [6.07, 6.45) is 0. The van der Waals surface area contributed by atoms with Crippen molar-refractivity contribution in [2.45, 2.75) is 0 Å². The smallest absolute Gasteiger partial charge is 0.338 e. The minimum Gasteiger partial charge on any atom is -0.478 e. The zero-order chi connectivity index (χ0) is 13.6. The van der Waals surface area contributed by atoms with Crippen LogP contribution in [0.4, 0.5) is 4.39 Å². The Morgan fingerprint density at radius 3 is 2.84 bits per heavy atom. The van der Waals surface area contributed by atoms with E-state index in [1.807, 2.05) is 12.1 Å². The molecule has 3 rings (SSSR count). The predicted molar refractivity (Wildman–Crippen MR) is 74.0 cm³/mol. The minimum atomic E-state index is -1.20. The molecule has 0 unspecified atom stereocenters. The molecular formula is C12H6BrFN2O2S. The number of rotatable bonds is 2. The third-order valence-electron chi connectivity index (χ3n) is 2.59. The molecule has 0 aliphatic heterocycles. The Hall–Kier alpha value is -1.73. The van der Waals surface area contributed by atoms with Crippen molar-refractivity contribution < 1.29 is 14.3 Å². The van der Waals surface area contributed by atoms with Crippen molar-refractivity contribution in [1.82, 2.24) is 9.97 Å². The van der Waals surface area contributed by atoms with Crippen molar-refractivity contribution in [3.8, 4) is 10.7 Å². The van der Waals surface area contributed by atoms with E-state index in [4.69, 9.17) is 5.11 Å². The first-order valence-corrected chi connectivity index (χ1v) is 6.84. The number of nitrogens with zero attached hydrogens (tertiary/aromatic N) is 1. The highest BCUT2D eigenvalue weighted by Crippen LogP contribution is 2.31. The topological polar surface area (TPSA) is 66.0 Å². The molecule has 2 heterocycles. The molecular weight excluding hydrogens is 335 g/mol. The Kier molecular flexibility index (Phi) is 2.87. The van der Waals surface area contributed by atoms with Crippen molar-refractivity contribution in [3.05, 3.63) is 39.4 Å². The number of halogens is 2. The van der Waals surface area contributed by atoms with Gasteiger partial charge in [-0.05, 0) is 40.2 Å². The van der Waals surface area contributed by atoms with Crippen LogP contribution in [-0.4, -0.2) is 21.0 Å². The second kappa shape index (κ2) is 4.43. The summed E-state index contributed by atoms with van der Waals surface area (Å²) in [5.74, 6) is -1.28. The van der Waals surface area contributed by atoms with Crippen LogP contribution >= 0.6 is 27.3 Å². The summed E-state index contributed by atoms with van der Waals surface area (Å²) in [5.41, 5.74) is 0.485. The number of H-pyrrole nitrogens is 1. The van der Waals surface area contributed by atoms with Crippen LogP contribution in [0.2, 0.25) is 0 Å². The molecule has 2 N–H and O–H groups in total. The number of imidazole rings is 1. The molecule has 0 amide bonds. The first-order valence-electron chi connectivity index (χ1n) is 5.23. The van der Waals surface area contributed by atoms with E-state index in [2.05, 4.69) is 25.9 Å². The van der Waals surface area contributed by atoms with E-state index in [0.29, 0.717) is 11.3 Å². The number of carboxylic acid groups (broad SMARTS) is 1. The summed E-state index contributed by atoms with van der Waals surface area (Å²) in [7, 11) is 0. The normalized spacial score (nSPS) is 11.1. The number of aromatic carboxylic acids is 1. The third-order valence-corrected chi connectivity index (χ3v) is 4.22. The van der Waals surface area contributed by atoms with Crippen LogP contribution in [-0.2, 0) is 0 Å². The molecule has 0 fully saturated rings. The fourth-order valence-corrected chi connectivity index (χ4v) is 3.13. The second-order valence-electron chi connectivity index (χ2n) is 3.84. The lowest BCUT2D eigenvalue weighted by atomic mass is 10.2. The third kappa shape index (κ3) is 2.15. The standard InChI is InChI=1S/C12H6BrFN2O2S/c13-9-2-1-8(19-9)11-15-7-4-5(14)3-6(12(17)18)10(7)16-11/h1-4H,(H,15,16)(H,17,18). The molecule has 3 aromatic rings. The Labute approximate surface area is 119 Å². The van der Waals surface area contributed by atoms with E-state index in [0.717, 1.165) is 14.7 Å². The van der Waals surface area contributed by atoms with Gasteiger partial charge in [-0.1, -0.05) is 0 Å². The first kappa shape index (κ1) is 12.3. The maximum atomic E-state index is 13.4. The Morgan fingerprint density at radius 2 is 2.21 bits per heavy atom. The van der Waals surface area contributed by atoms with Crippen LogP contribution in [0.1, 0.15) is 10.4 Å². The quantitative estimate of drug-likeness (QED) is 0.743. The molecule has 2 aromatic heterocycles. The SMILES string of the molecule is O=C(O)c1cc(F)cc2[nH]c(-c3ccc(Br)s3)nc12. The fourth-order valence-electron chi connectivity index (χ4n) is 1.80. The summed E-state index contributed by atoms with van der Waals surface area (Å²) in [4.78, 5) is 19.1. The van der Waals surface area contributed by atoms with Crippen molar-refractivity contribution in [2.24, 2.45) is 0 Å². The van der Waals surface area contributed by atoms with E-state index in [9.17, 15) is 9.18 Å². The zero-order valence-corrected chi connectivity index (χ0v) is 11.7. The monoisotopic (exact) mass is 340 g/mol. The minimum absolute atomic E-state index is 0.145. The van der Waals surface area contributed by atoms with Crippen LogP contribution in [0.5, 0.6) is 0 Å². The molecule has 0 radical (unpaired) electrons. The highest BCUT2D eigenvalue weighted by atomic mass is 79.9. The van der Waals surface area contributed by atoms with Crippen molar-refractivity contribution in [1.29, 1.82) is 0 Å². The molecule has 0 saturated carbocycles. The first-order chi connectivity index (χ1) is 9.04. The van der Waals surface area contributed by atoms with E-state index < -0.39 is 11.8 Å². The van der Waals surface area contributed by atoms with E-state index in [1.54, 1.807) is 0 Å². The molecule has 0 atom stereocenters. The van der Waals surface area contributed by atoms with Crippen molar-refractivity contribution in [2.75, 3.05) is 0 Å². The molecule has 7 heteroatoms. The van der Waals surface area contributed by atoms with Gasteiger partial charge in [-0.25, -0.2) is 14.2 Å². The summed E-state index contributed by atoms with van der Waals surface area (Å²) in [6, 6.07) is 5.93. The van der Waals surface area contributed by atoms with Gasteiger partial charge in [0.15, 0.2) is 0 Å². The van der Waals surface area contributed by atoms with Gasteiger partial charge >= 0.3 is 5.97 Å². The average molecular weight is 341 g/mol. The van der Waals surface area contributed by atoms with Crippen LogP contribution in [0.25, 0.3) is 21.7 Å². The summed E-state index contributed by atoms with van der Waals surface area (Å²) in [6.45, 7) is 0. The lowest BCUT2D eigenvalue weighted by Gasteiger charge is -1.95. The number of thiophene rings is 1. The van der Waals surface area contributed by atoms with Gasteiger partial charge in [-0.3, -0.25) is 0 Å². The molecule has 0 aliphatic carbocycles. The molecule has 4 nitrogen and oxygen atoms in total. The molecule has 0 saturated heterocycles. The van der Waals surface area contributed by atoms with Gasteiger partial charge in [0, 0.05) is 0 Å². The maximum absolute atomic E-state index is 13.4. The fraction of sp³-hybridized carbons (Fsp3) is 0. The number of fused-ring (bicyclic) bond motifs is 1. The van der Waals surface area contributed by atoms with Gasteiger partial charge in [-0.2, -0.15) is 0 Å². The molecule has 96 valence electrons. The lowest BCUT2D eigenvalue weighted by molar-refractivity contribution is 0.0698. The predicted octanol–water partition coefficient (Wildman–Crippen LogP) is 3.89. The molecule has 0 aliphatic rings. The van der Waals surface area contributed by atoms with Gasteiger partial charge in [-0.15, -0.1) is 11.3 Å². The molecule has 1 aromatic carbocycles. The number of aromatic amines is 1. The number of nitrogens with one attached hydrogen (secondary N) is 1. The molecule has 0 bridgehead atoms. The van der Waals surface area contributed by atoms with Gasteiger partial charge in [0.2, 0.25) is 0 Å². The Morgan fingerprint density at radius 1 is 1.42 bits per heavy atom. The number of carboxylic acids is 1. The largest absolute Gasteiger partial charge is 0.478 e. The van der Waals surface area contributed by atoms with Crippen molar-refractivity contribution >= 4 is 44.3 Å². The van der Waals surface area contributed by atoms with Crippen molar-refractivity contribution in [3.63, 3.8) is 0 Å². The maximum Gasteiger partial charge on any atom is 0.338 e. The number of aromatic nitrogens is 2. The van der Waals surface area contributed by atoms with Crippen LogP contribution in [0.3, 0.4) is 0 Å². The van der Waals surface area contributed by atoms with Crippen LogP contribution in [0.15, 0.2) is 28.1 Å². The lowest BCUT2D eigenvalue weighted by Crippen LogP contribution is -1.98. The highest BCUT2D eigenvalue weighted by molar-refractivity contribution is 9.11. The van der Waals surface area contributed by atoms with Crippen LogP contribution < -0.4 is 0 Å². The summed E-state index contributed by atoms with van der Waals surface area (Å²) in [5, 5.41) is 9.07. The Bertz CT molecular complexity index is 796. The number of hydrogen-bond acceptors (Lipinski definition) is 3. The molecule has 0 spiro atoms. The average Bonchev–Trinajstić information content (AvgIpc) is 2.93. The molecule has 19 heavy (non-hydrogen) atoms. The van der Waals surface area contributed by atoms with Gasteiger partial charge in [0.1, 0.15) is 17.2 Å². The van der Waals surface area contributed by atoms with E-state index in [-0.39, 0.29) is 11.1 Å². The second-order valence-corrected chi connectivity index (χ2v) is 6.31.